The lowest BCUT2D eigenvalue weighted by Gasteiger charge is -2.32. The normalized spacial score (nSPS) is 15.2. The van der Waals surface area contributed by atoms with Crippen LogP contribution in [0.25, 0.3) is 0 Å². The predicted molar refractivity (Wildman–Crippen MR) is 116 cm³/mol. The minimum Gasteiger partial charge on any atom is -0.497 e. The van der Waals surface area contributed by atoms with Gasteiger partial charge < -0.3 is 14.8 Å². The van der Waals surface area contributed by atoms with Crippen molar-refractivity contribution in [3.63, 3.8) is 0 Å². The van der Waals surface area contributed by atoms with Crippen LogP contribution >= 0.6 is 0 Å². The molecule has 1 N–H and O–H groups in total. The third-order valence-corrected chi connectivity index (χ3v) is 5.12. The van der Waals surface area contributed by atoms with Gasteiger partial charge in [0.15, 0.2) is 6.20 Å². The van der Waals surface area contributed by atoms with E-state index in [0.29, 0.717) is 23.7 Å². The Balaban J connectivity index is 1.68. The zero-order valence-corrected chi connectivity index (χ0v) is 17.4. The summed E-state index contributed by atoms with van der Waals surface area (Å²) in [6.45, 7) is 2.65. The first-order chi connectivity index (χ1) is 15.1. The van der Waals surface area contributed by atoms with Gasteiger partial charge in [0.2, 0.25) is 18.3 Å². The minimum absolute atomic E-state index is 0.162. The lowest BCUT2D eigenvalue weighted by atomic mass is 10.0. The summed E-state index contributed by atoms with van der Waals surface area (Å²) in [6, 6.07) is 19.0. The van der Waals surface area contributed by atoms with Crippen molar-refractivity contribution < 1.29 is 23.6 Å². The van der Waals surface area contributed by atoms with Gasteiger partial charge in [0.1, 0.15) is 11.5 Å². The van der Waals surface area contributed by atoms with Gasteiger partial charge in [0.25, 0.3) is 11.8 Å². The van der Waals surface area contributed by atoms with E-state index in [-0.39, 0.29) is 18.4 Å². The van der Waals surface area contributed by atoms with Gasteiger partial charge in [-0.05, 0) is 55.5 Å². The van der Waals surface area contributed by atoms with Crippen molar-refractivity contribution in [2.45, 2.75) is 19.5 Å². The largest absolute Gasteiger partial charge is 0.497 e. The number of hydrogen-bond acceptors (Lipinski definition) is 4. The third kappa shape index (κ3) is 4.21. The number of carbonyl (C=O) groups is 2. The maximum Gasteiger partial charge on any atom is 0.294 e. The maximum atomic E-state index is 13.4. The van der Waals surface area contributed by atoms with Gasteiger partial charge in [-0.25, -0.2) is 0 Å². The average Bonchev–Trinajstić information content (AvgIpc) is 2.79. The smallest absolute Gasteiger partial charge is 0.294 e. The molecule has 1 atom stereocenters. The Labute approximate surface area is 180 Å². The molecule has 0 saturated carbocycles. The second-order valence-corrected chi connectivity index (χ2v) is 7.06. The number of pyridine rings is 1. The number of rotatable bonds is 6. The van der Waals surface area contributed by atoms with Gasteiger partial charge >= 0.3 is 0 Å². The average molecular weight is 418 g/mol. The number of aromatic nitrogens is 1. The molecule has 7 nitrogen and oxygen atoms in total. The van der Waals surface area contributed by atoms with Crippen LogP contribution in [0.4, 0.5) is 11.4 Å². The van der Waals surface area contributed by atoms with E-state index in [2.05, 4.69) is 5.32 Å². The Morgan fingerprint density at radius 1 is 1.06 bits per heavy atom. The highest BCUT2D eigenvalue weighted by Crippen LogP contribution is 2.31. The Morgan fingerprint density at radius 3 is 2.45 bits per heavy atom. The van der Waals surface area contributed by atoms with Gasteiger partial charge in [0, 0.05) is 23.5 Å². The molecule has 0 fully saturated rings. The monoisotopic (exact) mass is 418 g/mol. The molecule has 0 bridgehead atoms. The van der Waals surface area contributed by atoms with Crippen molar-refractivity contribution in [3.8, 4) is 11.5 Å². The fraction of sp³-hybridized carbons (Fsp3) is 0.208. The molecular weight excluding hydrogens is 394 g/mol. The first-order valence-corrected chi connectivity index (χ1v) is 10.1. The van der Waals surface area contributed by atoms with E-state index in [1.54, 1.807) is 60.5 Å². The molecule has 2 aromatic carbocycles. The second kappa shape index (κ2) is 8.87. The molecule has 2 heterocycles. The van der Waals surface area contributed by atoms with Crippen LogP contribution in [0.15, 0.2) is 72.9 Å². The summed E-state index contributed by atoms with van der Waals surface area (Å²) >= 11 is 0. The molecular formula is C24H24N3O4+. The van der Waals surface area contributed by atoms with Gasteiger partial charge in [-0.15, -0.1) is 0 Å². The molecule has 4 rings (SSSR count). The first-order valence-electron chi connectivity index (χ1n) is 10.1. The van der Waals surface area contributed by atoms with E-state index in [4.69, 9.17) is 9.47 Å². The number of benzene rings is 2. The number of nitrogens with one attached hydrogen (secondary N) is 1. The number of amides is 2. The standard InChI is InChI=1S/C24H23N3O4/c1-3-31-20-11-7-17(8-12-20)25-24(29)23-21-6-4-5-15-26(21)16-22(28)27(23)18-9-13-19(30-2)14-10-18/h4-15,23H,3,16H2,1-2H3/p+1/t23-/m1/s1. The lowest BCUT2D eigenvalue weighted by Crippen LogP contribution is -2.58. The van der Waals surface area contributed by atoms with Crippen molar-refractivity contribution in [1.82, 2.24) is 0 Å². The maximum absolute atomic E-state index is 13.4. The van der Waals surface area contributed by atoms with E-state index in [1.807, 2.05) is 35.9 Å². The summed E-state index contributed by atoms with van der Waals surface area (Å²) < 4.78 is 12.5. The van der Waals surface area contributed by atoms with Crippen LogP contribution in [-0.2, 0) is 16.1 Å². The first kappa shape index (κ1) is 20.4. The molecule has 0 spiro atoms. The van der Waals surface area contributed by atoms with Crippen molar-refractivity contribution in [3.05, 3.63) is 78.6 Å². The molecule has 31 heavy (non-hydrogen) atoms. The highest BCUT2D eigenvalue weighted by Gasteiger charge is 2.43. The quantitative estimate of drug-likeness (QED) is 0.625. The third-order valence-electron chi connectivity index (χ3n) is 5.12. The van der Waals surface area contributed by atoms with Crippen LogP contribution in [0, 0.1) is 0 Å². The van der Waals surface area contributed by atoms with Crippen molar-refractivity contribution in [1.29, 1.82) is 0 Å². The van der Waals surface area contributed by atoms with E-state index in [9.17, 15) is 9.59 Å². The number of carbonyl (C=O) groups excluding carboxylic acids is 2. The van der Waals surface area contributed by atoms with Gasteiger partial charge in [-0.2, -0.15) is 4.57 Å². The number of hydrogen-bond donors (Lipinski definition) is 1. The summed E-state index contributed by atoms with van der Waals surface area (Å²) in [6.07, 6.45) is 1.82. The van der Waals surface area contributed by atoms with Gasteiger partial charge in [-0.3, -0.25) is 14.5 Å². The minimum atomic E-state index is -0.817. The topological polar surface area (TPSA) is 71.8 Å². The van der Waals surface area contributed by atoms with Crippen molar-refractivity contribution in [2.24, 2.45) is 0 Å². The summed E-state index contributed by atoms with van der Waals surface area (Å²) in [5.74, 6) is 0.946. The Bertz CT molecular complexity index is 1080. The number of nitrogens with zero attached hydrogens (tertiary/aromatic N) is 2. The molecule has 0 radical (unpaired) electrons. The van der Waals surface area contributed by atoms with E-state index < -0.39 is 6.04 Å². The van der Waals surface area contributed by atoms with Crippen LogP contribution < -0.4 is 24.3 Å². The van der Waals surface area contributed by atoms with Gasteiger partial charge in [0.05, 0.1) is 13.7 Å². The van der Waals surface area contributed by atoms with Crippen LogP contribution in [0.5, 0.6) is 11.5 Å². The molecule has 3 aromatic rings. The van der Waals surface area contributed by atoms with Crippen LogP contribution in [0.1, 0.15) is 18.7 Å². The van der Waals surface area contributed by atoms with E-state index in [0.717, 1.165) is 11.4 Å². The zero-order chi connectivity index (χ0) is 21.8. The molecule has 0 aliphatic carbocycles. The van der Waals surface area contributed by atoms with Crippen molar-refractivity contribution >= 4 is 23.2 Å². The molecule has 0 saturated heterocycles. The summed E-state index contributed by atoms with van der Waals surface area (Å²) in [4.78, 5) is 28.0. The van der Waals surface area contributed by atoms with E-state index >= 15 is 0 Å². The molecule has 0 unspecified atom stereocenters. The Hall–Kier alpha value is -3.87. The Morgan fingerprint density at radius 2 is 1.77 bits per heavy atom. The highest BCUT2D eigenvalue weighted by atomic mass is 16.5. The van der Waals surface area contributed by atoms with Gasteiger partial charge in [-0.1, -0.05) is 6.07 Å². The number of methoxy groups -OCH3 is 1. The summed E-state index contributed by atoms with van der Waals surface area (Å²) in [5, 5.41) is 2.94. The zero-order valence-electron chi connectivity index (χ0n) is 17.4. The fourth-order valence-electron chi connectivity index (χ4n) is 3.68. The SMILES string of the molecule is CCOc1ccc(NC(=O)[C@H]2c3cccc[n+]3CC(=O)N2c2ccc(OC)cc2)cc1. The van der Waals surface area contributed by atoms with Crippen LogP contribution in [-0.4, -0.2) is 25.5 Å². The molecule has 158 valence electrons. The Kier molecular flexibility index (Phi) is 5.84. The highest BCUT2D eigenvalue weighted by molar-refractivity contribution is 6.05. The molecule has 1 aliphatic heterocycles. The summed E-state index contributed by atoms with van der Waals surface area (Å²) in [5.41, 5.74) is 2.00. The number of ether oxygens (including phenoxy) is 2. The predicted octanol–water partition coefficient (Wildman–Crippen LogP) is 3.11. The number of anilines is 2. The molecule has 1 aliphatic rings. The number of fused-ring (bicyclic) bond motifs is 1. The lowest BCUT2D eigenvalue weighted by molar-refractivity contribution is -0.695. The molecule has 7 heteroatoms. The van der Waals surface area contributed by atoms with E-state index in [1.165, 1.54) is 0 Å². The molecule has 1 aromatic heterocycles. The van der Waals surface area contributed by atoms with Crippen LogP contribution in [0.2, 0.25) is 0 Å². The summed E-state index contributed by atoms with van der Waals surface area (Å²) in [7, 11) is 1.58. The second-order valence-electron chi connectivity index (χ2n) is 7.06. The van der Waals surface area contributed by atoms with Crippen molar-refractivity contribution in [2.75, 3.05) is 23.9 Å². The van der Waals surface area contributed by atoms with Crippen LogP contribution in [0.3, 0.4) is 0 Å². The fourth-order valence-corrected chi connectivity index (χ4v) is 3.68. The molecule has 2 amide bonds.